The van der Waals surface area contributed by atoms with E-state index in [1.54, 1.807) is 0 Å². The number of aromatic nitrogens is 4. The lowest BCUT2D eigenvalue weighted by atomic mass is 9.80. The summed E-state index contributed by atoms with van der Waals surface area (Å²) in [5, 5.41) is 12.8. The standard InChI is InChI=1S/C31H44N6O4S/c1-21-11-13-23(14-12-21)19-37-27-28(32-22(2)24-9-6-10-24)33-30(42(39,40)18-16-38)34-29(27)35-31(37)36-15-17-41-20-26(36)25-7-4-3-5-8-25/h3-5,7-8,21-24,26,38H,6,9-20H2,1-2H3,(H,32,33,34)/t21-,22-,23-,26+/m1/s1. The number of hydrogen-bond donors (Lipinski definition) is 2. The van der Waals surface area contributed by atoms with Crippen LogP contribution >= 0.6 is 0 Å². The molecule has 0 amide bonds. The van der Waals surface area contributed by atoms with E-state index in [2.05, 4.69) is 50.7 Å². The predicted molar refractivity (Wildman–Crippen MR) is 163 cm³/mol. The van der Waals surface area contributed by atoms with Crippen LogP contribution in [-0.4, -0.2) is 71.2 Å². The molecule has 0 radical (unpaired) electrons. The average Bonchev–Trinajstić information content (AvgIpc) is 3.32. The van der Waals surface area contributed by atoms with Crippen LogP contribution in [0.5, 0.6) is 0 Å². The maximum absolute atomic E-state index is 13.1. The van der Waals surface area contributed by atoms with Gasteiger partial charge >= 0.3 is 0 Å². The van der Waals surface area contributed by atoms with Gasteiger partial charge in [0, 0.05) is 19.1 Å². The van der Waals surface area contributed by atoms with E-state index in [1.807, 2.05) is 18.2 Å². The third-order valence-electron chi connectivity index (χ3n) is 9.57. The maximum Gasteiger partial charge on any atom is 0.251 e. The predicted octanol–water partition coefficient (Wildman–Crippen LogP) is 4.60. The van der Waals surface area contributed by atoms with Crippen LogP contribution in [0.25, 0.3) is 11.2 Å². The Labute approximate surface area is 248 Å². The smallest absolute Gasteiger partial charge is 0.251 e. The van der Waals surface area contributed by atoms with Crippen molar-refractivity contribution in [3.63, 3.8) is 0 Å². The Hall–Kier alpha value is -2.76. The van der Waals surface area contributed by atoms with Crippen molar-refractivity contribution in [2.45, 2.75) is 82.6 Å². The van der Waals surface area contributed by atoms with Gasteiger partial charge < -0.3 is 24.6 Å². The van der Waals surface area contributed by atoms with Crippen LogP contribution in [0.1, 0.15) is 70.4 Å². The first kappa shape index (κ1) is 29.3. The second kappa shape index (κ2) is 12.5. The number of rotatable bonds is 10. The number of hydrogen-bond acceptors (Lipinski definition) is 9. The fourth-order valence-electron chi connectivity index (χ4n) is 6.69. The van der Waals surface area contributed by atoms with E-state index >= 15 is 0 Å². The van der Waals surface area contributed by atoms with Crippen molar-refractivity contribution in [3.05, 3.63) is 35.9 Å². The average molecular weight is 597 g/mol. The molecule has 11 heteroatoms. The summed E-state index contributed by atoms with van der Waals surface area (Å²) in [7, 11) is -3.88. The quantitative estimate of drug-likeness (QED) is 0.323. The zero-order valence-electron chi connectivity index (χ0n) is 24.8. The zero-order chi connectivity index (χ0) is 29.3. The number of fused-ring (bicyclic) bond motifs is 1. The minimum Gasteiger partial charge on any atom is -0.395 e. The van der Waals surface area contributed by atoms with Gasteiger partial charge in [-0.15, -0.1) is 0 Å². The van der Waals surface area contributed by atoms with Crippen molar-refractivity contribution >= 4 is 32.8 Å². The lowest BCUT2D eigenvalue weighted by Crippen LogP contribution is -2.41. The van der Waals surface area contributed by atoms with Gasteiger partial charge in [-0.1, -0.05) is 56.5 Å². The summed E-state index contributed by atoms with van der Waals surface area (Å²) < 4.78 is 34.5. The van der Waals surface area contributed by atoms with Crippen LogP contribution in [-0.2, 0) is 21.1 Å². The van der Waals surface area contributed by atoms with Crippen molar-refractivity contribution in [2.24, 2.45) is 17.8 Å². The van der Waals surface area contributed by atoms with Crippen molar-refractivity contribution < 1.29 is 18.3 Å². The Balaban J connectivity index is 1.51. The Kier molecular flexibility index (Phi) is 8.70. The highest BCUT2D eigenvalue weighted by atomic mass is 32.2. The second-order valence-electron chi connectivity index (χ2n) is 12.5. The van der Waals surface area contributed by atoms with Gasteiger partial charge in [0.15, 0.2) is 11.5 Å². The molecule has 228 valence electrons. The molecule has 3 fully saturated rings. The molecule has 0 spiro atoms. The van der Waals surface area contributed by atoms with Gasteiger partial charge in [-0.25, -0.2) is 8.42 Å². The number of benzene rings is 1. The number of aliphatic hydroxyl groups is 1. The van der Waals surface area contributed by atoms with Gasteiger partial charge in [0.25, 0.3) is 5.16 Å². The van der Waals surface area contributed by atoms with Crippen molar-refractivity contribution in [1.82, 2.24) is 19.5 Å². The normalized spacial score (nSPS) is 24.5. The molecule has 0 bridgehead atoms. The lowest BCUT2D eigenvalue weighted by Gasteiger charge is -2.37. The Bertz CT molecular complexity index is 1470. The molecular formula is C31H44N6O4S. The second-order valence-corrected chi connectivity index (χ2v) is 14.5. The van der Waals surface area contributed by atoms with E-state index in [-0.39, 0.29) is 17.2 Å². The van der Waals surface area contributed by atoms with Crippen molar-refractivity contribution in [2.75, 3.05) is 42.3 Å². The SMILES string of the molecule is C[C@@H](Nc1nc(S(=O)(=O)CCO)nc2nc(N3CCOC[C@H]3c3ccccc3)n(C[C@H]3CC[C@H](C)CC3)c12)C1CCC1. The van der Waals surface area contributed by atoms with Gasteiger partial charge in [-0.05, 0) is 55.9 Å². The van der Waals surface area contributed by atoms with E-state index in [1.165, 1.54) is 19.3 Å². The number of ether oxygens (including phenoxy) is 1. The molecule has 3 heterocycles. The number of anilines is 2. The first-order valence-electron chi connectivity index (χ1n) is 15.6. The number of morpholine rings is 1. The van der Waals surface area contributed by atoms with Crippen LogP contribution < -0.4 is 10.2 Å². The van der Waals surface area contributed by atoms with Crippen LogP contribution in [0.2, 0.25) is 0 Å². The third-order valence-corrected chi connectivity index (χ3v) is 11.0. The van der Waals surface area contributed by atoms with Crippen LogP contribution in [0, 0.1) is 17.8 Å². The number of sulfone groups is 1. The van der Waals surface area contributed by atoms with Crippen LogP contribution in [0.3, 0.4) is 0 Å². The monoisotopic (exact) mass is 596 g/mol. The summed E-state index contributed by atoms with van der Waals surface area (Å²) in [6.45, 7) is 6.55. The first-order valence-corrected chi connectivity index (χ1v) is 17.3. The summed E-state index contributed by atoms with van der Waals surface area (Å²) in [6.07, 6.45) is 8.23. The third kappa shape index (κ3) is 6.01. The Morgan fingerprint density at radius 2 is 1.83 bits per heavy atom. The van der Waals surface area contributed by atoms with Crippen molar-refractivity contribution in [1.29, 1.82) is 0 Å². The van der Waals surface area contributed by atoms with Gasteiger partial charge in [0.2, 0.25) is 15.8 Å². The molecule has 1 saturated heterocycles. The fraction of sp³-hybridized carbons (Fsp3) is 0.645. The molecular weight excluding hydrogens is 552 g/mol. The van der Waals surface area contributed by atoms with E-state index in [0.29, 0.717) is 43.1 Å². The van der Waals surface area contributed by atoms with E-state index in [4.69, 9.17) is 9.72 Å². The van der Waals surface area contributed by atoms with Crippen molar-refractivity contribution in [3.8, 4) is 0 Å². The molecule has 2 saturated carbocycles. The number of imidazole rings is 1. The van der Waals surface area contributed by atoms with E-state index in [9.17, 15) is 13.5 Å². The van der Waals surface area contributed by atoms with Gasteiger partial charge in [0.05, 0.1) is 31.6 Å². The fourth-order valence-corrected chi connectivity index (χ4v) is 7.56. The van der Waals surface area contributed by atoms with Gasteiger partial charge in [-0.2, -0.15) is 15.0 Å². The molecule has 2 aromatic heterocycles. The highest BCUT2D eigenvalue weighted by molar-refractivity contribution is 7.91. The zero-order valence-corrected chi connectivity index (χ0v) is 25.6. The number of nitrogens with one attached hydrogen (secondary N) is 1. The number of aliphatic hydroxyl groups excluding tert-OH is 1. The highest BCUT2D eigenvalue weighted by Gasteiger charge is 2.34. The molecule has 10 nitrogen and oxygen atoms in total. The molecule has 2 N–H and O–H groups in total. The minimum atomic E-state index is -3.88. The lowest BCUT2D eigenvalue weighted by molar-refractivity contribution is 0.0927. The van der Waals surface area contributed by atoms with E-state index < -0.39 is 22.2 Å². The summed E-state index contributed by atoms with van der Waals surface area (Å²) in [6, 6.07) is 10.4. The molecule has 2 aliphatic carbocycles. The molecule has 2 atom stereocenters. The van der Waals surface area contributed by atoms with Crippen LogP contribution in [0.15, 0.2) is 35.5 Å². The Morgan fingerprint density at radius 3 is 2.52 bits per heavy atom. The highest BCUT2D eigenvalue weighted by Crippen LogP contribution is 2.38. The first-order chi connectivity index (χ1) is 20.3. The summed E-state index contributed by atoms with van der Waals surface area (Å²) in [4.78, 5) is 16.6. The van der Waals surface area contributed by atoms with E-state index in [0.717, 1.165) is 55.2 Å². The number of nitrogens with zero attached hydrogens (tertiary/aromatic N) is 5. The van der Waals surface area contributed by atoms with Crippen LogP contribution in [0.4, 0.5) is 11.8 Å². The molecule has 42 heavy (non-hydrogen) atoms. The molecule has 0 unspecified atom stereocenters. The van der Waals surface area contributed by atoms with Gasteiger partial charge in [-0.3, -0.25) is 0 Å². The molecule has 3 aliphatic rings. The Morgan fingerprint density at radius 1 is 1.07 bits per heavy atom. The topological polar surface area (TPSA) is 122 Å². The largest absolute Gasteiger partial charge is 0.395 e. The summed E-state index contributed by atoms with van der Waals surface area (Å²) in [5.74, 6) is 2.62. The molecule has 1 aromatic carbocycles. The molecule has 6 rings (SSSR count). The maximum atomic E-state index is 13.1. The summed E-state index contributed by atoms with van der Waals surface area (Å²) in [5.41, 5.74) is 2.29. The molecule has 1 aliphatic heterocycles. The summed E-state index contributed by atoms with van der Waals surface area (Å²) >= 11 is 0. The molecule has 3 aromatic rings. The van der Waals surface area contributed by atoms with Gasteiger partial charge in [0.1, 0.15) is 5.52 Å². The minimum absolute atomic E-state index is 0.0299.